The molecule has 0 atom stereocenters. The fourth-order valence-corrected chi connectivity index (χ4v) is 1.52. The van der Waals surface area contributed by atoms with Crippen molar-refractivity contribution in [3.63, 3.8) is 0 Å². The van der Waals surface area contributed by atoms with E-state index in [9.17, 15) is 9.59 Å². The number of carbonyl (C=O) groups excluding carboxylic acids is 1. The lowest BCUT2D eigenvalue weighted by molar-refractivity contribution is -0.121. The van der Waals surface area contributed by atoms with E-state index in [1.165, 1.54) is 6.07 Å². The van der Waals surface area contributed by atoms with Crippen LogP contribution >= 0.6 is 0 Å². The molecule has 0 fully saturated rings. The number of aromatic carboxylic acids is 1. The molecule has 0 aromatic heterocycles. The van der Waals surface area contributed by atoms with Gasteiger partial charge >= 0.3 is 5.97 Å². The van der Waals surface area contributed by atoms with Crippen molar-refractivity contribution in [2.24, 2.45) is 0 Å². The molecule has 4 nitrogen and oxygen atoms in total. The molecular formula is C13H17NO3. The van der Waals surface area contributed by atoms with Crippen molar-refractivity contribution >= 4 is 11.9 Å². The molecule has 0 bridgehead atoms. The predicted octanol–water partition coefficient (Wildman–Crippen LogP) is 1.84. The van der Waals surface area contributed by atoms with Gasteiger partial charge in [-0.2, -0.15) is 0 Å². The number of benzene rings is 1. The summed E-state index contributed by atoms with van der Waals surface area (Å²) in [7, 11) is 0. The Kier molecular flexibility index (Phi) is 3.89. The molecule has 0 unspecified atom stereocenters. The number of carboxylic acid groups (broad SMARTS) is 1. The molecular weight excluding hydrogens is 218 g/mol. The van der Waals surface area contributed by atoms with Gasteiger partial charge in [-0.1, -0.05) is 18.2 Å². The maximum Gasteiger partial charge on any atom is 0.335 e. The molecule has 4 heteroatoms. The maximum atomic E-state index is 11.7. The van der Waals surface area contributed by atoms with Crippen molar-refractivity contribution < 1.29 is 14.7 Å². The van der Waals surface area contributed by atoms with Crippen LogP contribution in [-0.2, 0) is 11.2 Å². The molecule has 17 heavy (non-hydrogen) atoms. The van der Waals surface area contributed by atoms with E-state index in [1.807, 2.05) is 20.8 Å². The van der Waals surface area contributed by atoms with Gasteiger partial charge in [0, 0.05) is 5.54 Å². The van der Waals surface area contributed by atoms with Crippen molar-refractivity contribution in [3.8, 4) is 0 Å². The zero-order chi connectivity index (χ0) is 13.1. The number of nitrogens with one attached hydrogen (secondary N) is 1. The van der Waals surface area contributed by atoms with E-state index in [1.54, 1.807) is 18.2 Å². The Hall–Kier alpha value is -1.84. The van der Waals surface area contributed by atoms with E-state index in [4.69, 9.17) is 5.11 Å². The van der Waals surface area contributed by atoms with E-state index in [-0.39, 0.29) is 23.4 Å². The van der Waals surface area contributed by atoms with Gasteiger partial charge in [0.2, 0.25) is 5.91 Å². The first-order valence-corrected chi connectivity index (χ1v) is 5.42. The van der Waals surface area contributed by atoms with E-state index in [2.05, 4.69) is 5.32 Å². The van der Waals surface area contributed by atoms with Gasteiger partial charge in [-0.05, 0) is 32.4 Å². The third-order valence-corrected chi connectivity index (χ3v) is 2.11. The number of rotatable bonds is 3. The predicted molar refractivity (Wildman–Crippen MR) is 65.0 cm³/mol. The third kappa shape index (κ3) is 4.26. The molecule has 92 valence electrons. The molecule has 0 aliphatic heterocycles. The monoisotopic (exact) mass is 235 g/mol. The van der Waals surface area contributed by atoms with Crippen LogP contribution in [-0.4, -0.2) is 22.5 Å². The molecule has 0 radical (unpaired) electrons. The van der Waals surface area contributed by atoms with Crippen LogP contribution in [0.2, 0.25) is 0 Å². The normalized spacial score (nSPS) is 11.0. The highest BCUT2D eigenvalue weighted by atomic mass is 16.4. The van der Waals surface area contributed by atoms with Crippen LogP contribution in [0.25, 0.3) is 0 Å². The topological polar surface area (TPSA) is 66.4 Å². The second-order valence-electron chi connectivity index (χ2n) is 4.94. The first-order valence-electron chi connectivity index (χ1n) is 5.42. The quantitative estimate of drug-likeness (QED) is 0.840. The fraction of sp³-hybridized carbons (Fsp3) is 0.385. The molecule has 0 spiro atoms. The van der Waals surface area contributed by atoms with Crippen LogP contribution in [0.15, 0.2) is 24.3 Å². The van der Waals surface area contributed by atoms with Crippen molar-refractivity contribution in [2.45, 2.75) is 32.7 Å². The molecule has 0 saturated carbocycles. The zero-order valence-corrected chi connectivity index (χ0v) is 10.3. The lowest BCUT2D eigenvalue weighted by Gasteiger charge is -2.20. The maximum absolute atomic E-state index is 11.7. The van der Waals surface area contributed by atoms with Crippen molar-refractivity contribution in [2.75, 3.05) is 0 Å². The highest BCUT2D eigenvalue weighted by molar-refractivity contribution is 5.91. The van der Waals surface area contributed by atoms with Crippen LogP contribution < -0.4 is 5.32 Å². The summed E-state index contributed by atoms with van der Waals surface area (Å²) in [5.74, 6) is -1.18. The minimum Gasteiger partial charge on any atom is -0.478 e. The Morgan fingerprint density at radius 2 is 1.82 bits per heavy atom. The summed E-state index contributed by atoms with van der Waals surface area (Å²) in [5, 5.41) is 11.8. The molecule has 2 N–H and O–H groups in total. The fourth-order valence-electron chi connectivity index (χ4n) is 1.52. The molecule has 1 aromatic carbocycles. The molecule has 1 amide bonds. The lowest BCUT2D eigenvalue weighted by atomic mass is 10.0. The van der Waals surface area contributed by atoms with Gasteiger partial charge in [-0.15, -0.1) is 0 Å². The summed E-state index contributed by atoms with van der Waals surface area (Å²) in [6.07, 6.45) is 0.0831. The Morgan fingerprint density at radius 1 is 1.24 bits per heavy atom. The largest absolute Gasteiger partial charge is 0.478 e. The number of hydrogen-bond donors (Lipinski definition) is 2. The van der Waals surface area contributed by atoms with Gasteiger partial charge in [0.25, 0.3) is 0 Å². The van der Waals surface area contributed by atoms with E-state index >= 15 is 0 Å². The number of hydrogen-bond acceptors (Lipinski definition) is 2. The Morgan fingerprint density at radius 3 is 2.35 bits per heavy atom. The van der Waals surface area contributed by atoms with E-state index in [0.29, 0.717) is 5.56 Å². The second kappa shape index (κ2) is 4.99. The first kappa shape index (κ1) is 13.2. The van der Waals surface area contributed by atoms with Gasteiger partial charge in [0.15, 0.2) is 0 Å². The van der Waals surface area contributed by atoms with E-state index < -0.39 is 5.97 Å². The summed E-state index contributed by atoms with van der Waals surface area (Å²) in [6.45, 7) is 5.65. The summed E-state index contributed by atoms with van der Waals surface area (Å²) >= 11 is 0. The minimum atomic E-state index is -1.01. The molecule has 0 aliphatic carbocycles. The van der Waals surface area contributed by atoms with E-state index in [0.717, 1.165) is 0 Å². The van der Waals surface area contributed by atoms with Crippen LogP contribution in [0.3, 0.4) is 0 Å². The summed E-state index contributed by atoms with van der Waals surface area (Å²) < 4.78 is 0. The Labute approximate surface area is 101 Å². The van der Waals surface area contributed by atoms with Gasteiger partial charge in [0.1, 0.15) is 0 Å². The van der Waals surface area contributed by atoms with Crippen molar-refractivity contribution in [1.29, 1.82) is 0 Å². The van der Waals surface area contributed by atoms with Crippen LogP contribution in [0, 0.1) is 0 Å². The zero-order valence-electron chi connectivity index (χ0n) is 10.3. The SMILES string of the molecule is CC(C)(C)NC(=O)Cc1ccccc1C(=O)O. The average molecular weight is 235 g/mol. The van der Waals surface area contributed by atoms with Crippen LogP contribution in [0.1, 0.15) is 36.7 Å². The third-order valence-electron chi connectivity index (χ3n) is 2.11. The lowest BCUT2D eigenvalue weighted by Crippen LogP contribution is -2.41. The van der Waals surface area contributed by atoms with Gasteiger partial charge in [0.05, 0.1) is 12.0 Å². The number of amides is 1. The van der Waals surface area contributed by atoms with Gasteiger partial charge in [-0.25, -0.2) is 4.79 Å². The van der Waals surface area contributed by atoms with Gasteiger partial charge < -0.3 is 10.4 Å². The minimum absolute atomic E-state index is 0.0831. The average Bonchev–Trinajstić information content (AvgIpc) is 2.14. The van der Waals surface area contributed by atoms with Gasteiger partial charge in [-0.3, -0.25) is 4.79 Å². The summed E-state index contributed by atoms with van der Waals surface area (Å²) in [4.78, 5) is 22.7. The van der Waals surface area contributed by atoms with Crippen LogP contribution in [0.5, 0.6) is 0 Å². The molecule has 1 rings (SSSR count). The molecule has 0 saturated heterocycles. The number of carboxylic acids is 1. The summed E-state index contributed by atoms with van der Waals surface area (Å²) in [5.41, 5.74) is 0.397. The standard InChI is InChI=1S/C13H17NO3/c1-13(2,3)14-11(15)8-9-6-4-5-7-10(9)12(16)17/h4-7H,8H2,1-3H3,(H,14,15)(H,16,17). The molecule has 0 heterocycles. The highest BCUT2D eigenvalue weighted by Gasteiger charge is 2.16. The summed E-state index contributed by atoms with van der Waals surface area (Å²) in [6, 6.07) is 6.54. The Bertz CT molecular complexity index is 433. The smallest absolute Gasteiger partial charge is 0.335 e. The van der Waals surface area contributed by atoms with Crippen molar-refractivity contribution in [1.82, 2.24) is 5.32 Å². The first-order chi connectivity index (χ1) is 7.79. The highest BCUT2D eigenvalue weighted by Crippen LogP contribution is 2.10. The van der Waals surface area contributed by atoms with Crippen molar-refractivity contribution in [3.05, 3.63) is 35.4 Å². The van der Waals surface area contributed by atoms with Crippen LogP contribution in [0.4, 0.5) is 0 Å². The molecule has 1 aromatic rings. The number of carbonyl (C=O) groups is 2. The Balaban J connectivity index is 2.82. The second-order valence-corrected chi connectivity index (χ2v) is 4.94. The molecule has 0 aliphatic rings.